The van der Waals surface area contributed by atoms with Gasteiger partial charge in [-0.15, -0.1) is 11.3 Å². The van der Waals surface area contributed by atoms with Crippen molar-refractivity contribution in [1.29, 1.82) is 0 Å². The monoisotopic (exact) mass is 489 g/mol. The summed E-state index contributed by atoms with van der Waals surface area (Å²) in [4.78, 5) is 44.3. The van der Waals surface area contributed by atoms with Crippen LogP contribution < -0.4 is 10.9 Å². The van der Waals surface area contributed by atoms with Crippen LogP contribution in [0.3, 0.4) is 0 Å². The molecule has 0 saturated carbocycles. The fourth-order valence-electron chi connectivity index (χ4n) is 3.98. The third kappa shape index (κ3) is 5.33. The largest absolute Gasteiger partial charge is 0.461 e. The summed E-state index contributed by atoms with van der Waals surface area (Å²) in [5.74, 6) is -0.772. The third-order valence-electron chi connectivity index (χ3n) is 5.84. The predicted molar refractivity (Wildman–Crippen MR) is 138 cm³/mol. The Balaban J connectivity index is 1.56. The van der Waals surface area contributed by atoms with Crippen molar-refractivity contribution in [3.05, 3.63) is 92.8 Å². The van der Waals surface area contributed by atoms with Gasteiger partial charge in [0, 0.05) is 12.1 Å². The van der Waals surface area contributed by atoms with E-state index in [1.807, 2.05) is 62.4 Å². The molecule has 0 bridgehead atoms. The summed E-state index contributed by atoms with van der Waals surface area (Å²) in [6, 6.07) is 16.5. The summed E-state index contributed by atoms with van der Waals surface area (Å²) < 4.78 is 6.81. The van der Waals surface area contributed by atoms with E-state index in [1.54, 1.807) is 13.0 Å². The van der Waals surface area contributed by atoms with Crippen LogP contribution in [0.15, 0.2) is 65.7 Å². The second-order valence-electron chi connectivity index (χ2n) is 8.35. The lowest BCUT2D eigenvalue weighted by molar-refractivity contribution is -0.119. The number of anilines is 1. The second-order valence-corrected chi connectivity index (χ2v) is 9.35. The summed E-state index contributed by atoms with van der Waals surface area (Å²) in [6.45, 7) is 5.74. The number of rotatable bonds is 8. The van der Waals surface area contributed by atoms with E-state index in [2.05, 4.69) is 10.3 Å². The third-order valence-corrected chi connectivity index (χ3v) is 7.02. The number of carbonyl (C=O) groups excluding carboxylic acids is 2. The van der Waals surface area contributed by atoms with Crippen molar-refractivity contribution in [1.82, 2.24) is 9.55 Å². The highest BCUT2D eigenvalue weighted by molar-refractivity contribution is 7.20. The van der Waals surface area contributed by atoms with Crippen LogP contribution in [-0.4, -0.2) is 28.0 Å². The molecule has 7 nitrogen and oxygen atoms in total. The normalized spacial score (nSPS) is 11.9. The molecule has 0 radical (unpaired) electrons. The average Bonchev–Trinajstić information content (AvgIpc) is 3.19. The summed E-state index contributed by atoms with van der Waals surface area (Å²) >= 11 is 1.13. The number of fused-ring (bicyclic) bond motifs is 1. The summed E-state index contributed by atoms with van der Waals surface area (Å²) in [7, 11) is 0. The maximum Gasteiger partial charge on any atom is 0.348 e. The quantitative estimate of drug-likeness (QED) is 0.349. The lowest BCUT2D eigenvalue weighted by Crippen LogP contribution is -2.33. The minimum atomic E-state index is -0.736. The first-order valence-electron chi connectivity index (χ1n) is 11.5. The van der Waals surface area contributed by atoms with Crippen LogP contribution in [0.25, 0.3) is 10.2 Å². The van der Waals surface area contributed by atoms with E-state index in [1.165, 1.54) is 10.9 Å². The molecule has 4 aromatic rings. The number of benzene rings is 2. The molecule has 2 aromatic heterocycles. The van der Waals surface area contributed by atoms with E-state index in [9.17, 15) is 14.4 Å². The fourth-order valence-corrected chi connectivity index (χ4v) is 5.02. The highest BCUT2D eigenvalue weighted by Gasteiger charge is 2.25. The molecule has 180 valence electrons. The van der Waals surface area contributed by atoms with Gasteiger partial charge in [0.1, 0.15) is 15.7 Å². The van der Waals surface area contributed by atoms with Crippen molar-refractivity contribution in [3.8, 4) is 0 Å². The van der Waals surface area contributed by atoms with E-state index in [0.29, 0.717) is 39.2 Å². The average molecular weight is 490 g/mol. The highest BCUT2D eigenvalue weighted by Crippen LogP contribution is 2.28. The molecular weight excluding hydrogens is 462 g/mol. The number of aromatic nitrogens is 2. The molecule has 0 aliphatic rings. The number of esters is 1. The predicted octanol–water partition coefficient (Wildman–Crippen LogP) is 5.06. The Bertz CT molecular complexity index is 1430. The lowest BCUT2D eigenvalue weighted by atomic mass is 10.1. The lowest BCUT2D eigenvalue weighted by Gasteiger charge is -2.18. The zero-order chi connectivity index (χ0) is 24.9. The number of ether oxygens (including phenoxy) is 1. The van der Waals surface area contributed by atoms with E-state index >= 15 is 0 Å². The van der Waals surface area contributed by atoms with Gasteiger partial charge in [-0.05, 0) is 49.1 Å². The van der Waals surface area contributed by atoms with Crippen molar-refractivity contribution < 1.29 is 14.3 Å². The molecule has 2 heterocycles. The molecule has 1 unspecified atom stereocenters. The molecule has 0 aliphatic carbocycles. The van der Waals surface area contributed by atoms with Gasteiger partial charge in [0.25, 0.3) is 5.56 Å². The van der Waals surface area contributed by atoms with Crippen LogP contribution in [0.5, 0.6) is 0 Å². The van der Waals surface area contributed by atoms with Crippen molar-refractivity contribution in [2.24, 2.45) is 0 Å². The van der Waals surface area contributed by atoms with E-state index < -0.39 is 12.0 Å². The van der Waals surface area contributed by atoms with Crippen molar-refractivity contribution in [2.45, 2.75) is 39.7 Å². The molecule has 1 N–H and O–H groups in total. The summed E-state index contributed by atoms with van der Waals surface area (Å²) in [6.07, 6.45) is 2.40. The minimum absolute atomic E-state index is 0.241. The second kappa shape index (κ2) is 10.7. The van der Waals surface area contributed by atoms with Gasteiger partial charge in [0.05, 0.1) is 18.3 Å². The van der Waals surface area contributed by atoms with E-state index in [4.69, 9.17) is 4.74 Å². The molecular formula is C27H27N3O4S. The van der Waals surface area contributed by atoms with Crippen LogP contribution in [-0.2, 0) is 16.0 Å². The first kappa shape index (κ1) is 24.3. The van der Waals surface area contributed by atoms with Gasteiger partial charge in [-0.3, -0.25) is 14.2 Å². The van der Waals surface area contributed by atoms with Crippen molar-refractivity contribution >= 4 is 39.1 Å². The Morgan fingerprint density at radius 1 is 1.11 bits per heavy atom. The molecule has 1 atom stereocenters. The fraction of sp³-hybridized carbons (Fsp3) is 0.259. The van der Waals surface area contributed by atoms with Crippen LogP contribution in [0.2, 0.25) is 0 Å². The van der Waals surface area contributed by atoms with Crippen molar-refractivity contribution in [2.75, 3.05) is 11.9 Å². The van der Waals surface area contributed by atoms with Crippen LogP contribution in [0.1, 0.15) is 45.7 Å². The van der Waals surface area contributed by atoms with Gasteiger partial charge in [0.15, 0.2) is 0 Å². The molecule has 35 heavy (non-hydrogen) atoms. The Labute approximate surface area is 207 Å². The van der Waals surface area contributed by atoms with E-state index in [0.717, 1.165) is 22.5 Å². The van der Waals surface area contributed by atoms with Crippen LogP contribution in [0, 0.1) is 13.8 Å². The maximum absolute atomic E-state index is 13.4. The zero-order valence-corrected chi connectivity index (χ0v) is 20.7. The maximum atomic E-state index is 13.4. The van der Waals surface area contributed by atoms with Gasteiger partial charge in [-0.1, -0.05) is 49.4 Å². The highest BCUT2D eigenvalue weighted by atomic mass is 32.1. The zero-order valence-electron chi connectivity index (χ0n) is 19.9. The smallest absolute Gasteiger partial charge is 0.348 e. The number of aryl methyl sites for hydroxylation is 2. The number of hydrogen-bond acceptors (Lipinski definition) is 6. The SMILES string of the molecule is CCC(C(=O)Nc1cccc(C)c1)n1cnc2sc(C(=O)OCCc3ccccc3)c(C)c2c1=O. The first-order chi connectivity index (χ1) is 16.9. The molecule has 4 rings (SSSR count). The van der Waals surface area contributed by atoms with Gasteiger partial charge in [0.2, 0.25) is 5.91 Å². The van der Waals surface area contributed by atoms with E-state index in [-0.39, 0.29) is 18.1 Å². The molecule has 2 aromatic carbocycles. The Hall–Kier alpha value is -3.78. The number of nitrogens with one attached hydrogen (secondary N) is 1. The van der Waals surface area contributed by atoms with Crippen LogP contribution >= 0.6 is 11.3 Å². The molecule has 8 heteroatoms. The summed E-state index contributed by atoms with van der Waals surface area (Å²) in [5.41, 5.74) is 2.94. The molecule has 1 amide bonds. The Kier molecular flexibility index (Phi) is 7.41. The number of thiophene rings is 1. The van der Waals surface area contributed by atoms with Gasteiger partial charge in [-0.25, -0.2) is 9.78 Å². The molecule has 0 fully saturated rings. The Morgan fingerprint density at radius 2 is 1.89 bits per heavy atom. The number of amides is 1. The van der Waals surface area contributed by atoms with Crippen molar-refractivity contribution in [3.63, 3.8) is 0 Å². The Morgan fingerprint density at radius 3 is 2.60 bits per heavy atom. The molecule has 0 spiro atoms. The number of carbonyl (C=O) groups is 2. The number of hydrogen-bond donors (Lipinski definition) is 1. The molecule has 0 aliphatic heterocycles. The topological polar surface area (TPSA) is 90.3 Å². The van der Waals surface area contributed by atoms with Crippen LogP contribution in [0.4, 0.5) is 5.69 Å². The molecule has 0 saturated heterocycles. The number of nitrogens with zero attached hydrogens (tertiary/aromatic N) is 2. The first-order valence-corrected chi connectivity index (χ1v) is 12.3. The minimum Gasteiger partial charge on any atom is -0.461 e. The van der Waals surface area contributed by atoms with Gasteiger partial charge in [-0.2, -0.15) is 0 Å². The standard InChI is InChI=1S/C27H27N3O4S/c1-4-21(24(31)29-20-12-8-9-17(2)15-20)30-16-28-25-22(26(30)32)18(3)23(35-25)27(33)34-14-13-19-10-6-5-7-11-19/h5-12,15-16,21H,4,13-14H2,1-3H3,(H,29,31). The van der Waals surface area contributed by atoms with Gasteiger partial charge >= 0.3 is 5.97 Å². The summed E-state index contributed by atoms with van der Waals surface area (Å²) in [5, 5.41) is 3.23. The van der Waals surface area contributed by atoms with Gasteiger partial charge < -0.3 is 10.1 Å².